The summed E-state index contributed by atoms with van der Waals surface area (Å²) in [7, 11) is 0. The Hall–Kier alpha value is -2.66. The zero-order valence-corrected chi connectivity index (χ0v) is 14.7. The van der Waals surface area contributed by atoms with E-state index in [0.29, 0.717) is 11.3 Å². The van der Waals surface area contributed by atoms with Gasteiger partial charge in [0.15, 0.2) is 0 Å². The lowest BCUT2D eigenvalue weighted by Crippen LogP contribution is -2.30. The average molecular weight is 385 g/mol. The van der Waals surface area contributed by atoms with Crippen LogP contribution in [0.2, 0.25) is 0 Å². The van der Waals surface area contributed by atoms with E-state index in [4.69, 9.17) is 0 Å². The third-order valence-electron chi connectivity index (χ3n) is 3.07. The maximum Gasteiger partial charge on any atom is 0.272 e. The predicted molar refractivity (Wildman–Crippen MR) is 99.6 cm³/mol. The highest BCUT2D eigenvalue weighted by atomic mass is 79.9. The Balaban J connectivity index is 2.16. The van der Waals surface area contributed by atoms with Crippen LogP contribution in [-0.4, -0.2) is 11.8 Å². The highest BCUT2D eigenvalue weighted by Gasteiger charge is 2.14. The smallest absolute Gasteiger partial charge is 0.272 e. The maximum atomic E-state index is 12.5. The molecule has 24 heavy (non-hydrogen) atoms. The fraction of sp³-hybridized carbons (Fsp3) is 0.0526. The van der Waals surface area contributed by atoms with Gasteiger partial charge in [-0.15, -0.1) is 0 Å². The number of halogens is 1. The standard InChI is InChI=1S/C19H17BrN2O2/c1-2-3-12-17(22-18(23)14-8-5-4-6-9-14)19(24)21-16-11-7-10-15(20)13-16/h2-13H,1H3,(H,21,24)(H,22,23)/b3-2-,17-12-. The topological polar surface area (TPSA) is 58.2 Å². The van der Waals surface area contributed by atoms with E-state index in [2.05, 4.69) is 26.6 Å². The van der Waals surface area contributed by atoms with Gasteiger partial charge in [-0.3, -0.25) is 9.59 Å². The Labute approximate surface area is 149 Å². The summed E-state index contributed by atoms with van der Waals surface area (Å²) >= 11 is 3.36. The van der Waals surface area contributed by atoms with Crippen LogP contribution in [0.15, 0.2) is 83.0 Å². The summed E-state index contributed by atoms with van der Waals surface area (Å²) in [5.41, 5.74) is 1.29. The van der Waals surface area contributed by atoms with Gasteiger partial charge in [-0.25, -0.2) is 0 Å². The monoisotopic (exact) mass is 384 g/mol. The van der Waals surface area contributed by atoms with E-state index in [1.807, 2.05) is 25.1 Å². The minimum Gasteiger partial charge on any atom is -0.321 e. The van der Waals surface area contributed by atoms with Crippen molar-refractivity contribution in [1.29, 1.82) is 0 Å². The molecule has 0 radical (unpaired) electrons. The van der Waals surface area contributed by atoms with E-state index in [1.165, 1.54) is 0 Å². The molecule has 2 N–H and O–H groups in total. The number of amides is 2. The molecule has 0 saturated heterocycles. The molecule has 2 aromatic rings. The predicted octanol–water partition coefficient (Wildman–Crippen LogP) is 4.28. The molecular formula is C19H17BrN2O2. The Bertz CT molecular complexity index is 783. The average Bonchev–Trinajstić information content (AvgIpc) is 2.59. The molecule has 0 aliphatic carbocycles. The number of nitrogens with one attached hydrogen (secondary N) is 2. The van der Waals surface area contributed by atoms with E-state index in [1.54, 1.807) is 54.6 Å². The van der Waals surface area contributed by atoms with Gasteiger partial charge in [-0.2, -0.15) is 0 Å². The molecule has 2 rings (SSSR count). The first-order chi connectivity index (χ1) is 11.6. The third-order valence-corrected chi connectivity index (χ3v) is 3.56. The molecule has 0 aromatic heterocycles. The fourth-order valence-electron chi connectivity index (χ4n) is 1.92. The van der Waals surface area contributed by atoms with Crippen molar-refractivity contribution in [2.75, 3.05) is 5.32 Å². The number of hydrogen-bond donors (Lipinski definition) is 2. The van der Waals surface area contributed by atoms with Gasteiger partial charge < -0.3 is 10.6 Å². The molecule has 2 aromatic carbocycles. The number of anilines is 1. The van der Waals surface area contributed by atoms with Crippen molar-refractivity contribution in [3.8, 4) is 0 Å². The first-order valence-corrected chi connectivity index (χ1v) is 8.15. The molecule has 0 aliphatic heterocycles. The van der Waals surface area contributed by atoms with Crippen LogP contribution >= 0.6 is 15.9 Å². The van der Waals surface area contributed by atoms with Gasteiger partial charge in [0.1, 0.15) is 5.70 Å². The SMILES string of the molecule is C/C=C\C=C(/NC(=O)c1ccccc1)C(=O)Nc1cccc(Br)c1. The van der Waals surface area contributed by atoms with Crippen LogP contribution in [0.25, 0.3) is 0 Å². The Kier molecular flexibility index (Phi) is 6.51. The number of allylic oxidation sites excluding steroid dienone is 3. The molecule has 122 valence electrons. The summed E-state index contributed by atoms with van der Waals surface area (Å²) in [6, 6.07) is 16.0. The molecule has 0 bridgehead atoms. The number of hydrogen-bond acceptors (Lipinski definition) is 2. The maximum absolute atomic E-state index is 12.5. The molecule has 0 aliphatic rings. The highest BCUT2D eigenvalue weighted by Crippen LogP contribution is 2.16. The van der Waals surface area contributed by atoms with Crippen LogP contribution in [0.1, 0.15) is 17.3 Å². The minimum atomic E-state index is -0.393. The number of carbonyl (C=O) groups excluding carboxylic acids is 2. The van der Waals surface area contributed by atoms with Crippen LogP contribution in [0, 0.1) is 0 Å². The van der Waals surface area contributed by atoms with Crippen molar-refractivity contribution in [3.05, 3.63) is 88.6 Å². The Morgan fingerprint density at radius 3 is 2.46 bits per heavy atom. The second-order valence-electron chi connectivity index (χ2n) is 4.89. The molecule has 0 unspecified atom stereocenters. The lowest BCUT2D eigenvalue weighted by molar-refractivity contribution is -0.113. The molecule has 0 fully saturated rings. The van der Waals surface area contributed by atoms with Gasteiger partial charge in [-0.05, 0) is 43.3 Å². The summed E-state index contributed by atoms with van der Waals surface area (Å²) < 4.78 is 0.854. The summed E-state index contributed by atoms with van der Waals surface area (Å²) in [6.07, 6.45) is 5.04. The minimum absolute atomic E-state index is 0.168. The largest absolute Gasteiger partial charge is 0.321 e. The zero-order valence-electron chi connectivity index (χ0n) is 13.1. The van der Waals surface area contributed by atoms with Crippen molar-refractivity contribution in [2.24, 2.45) is 0 Å². The van der Waals surface area contributed by atoms with Gasteiger partial charge in [0, 0.05) is 15.7 Å². The van der Waals surface area contributed by atoms with Crippen molar-refractivity contribution >= 4 is 33.4 Å². The quantitative estimate of drug-likeness (QED) is 0.596. The van der Waals surface area contributed by atoms with Crippen LogP contribution in [-0.2, 0) is 4.79 Å². The third kappa shape index (κ3) is 5.21. The van der Waals surface area contributed by atoms with Gasteiger partial charge in [0.25, 0.3) is 11.8 Å². The second-order valence-corrected chi connectivity index (χ2v) is 5.81. The Morgan fingerprint density at radius 1 is 1.04 bits per heavy atom. The second kappa shape index (κ2) is 8.84. The van der Waals surface area contributed by atoms with Crippen LogP contribution in [0.3, 0.4) is 0 Å². The molecule has 0 saturated carbocycles. The Morgan fingerprint density at radius 2 is 1.79 bits per heavy atom. The van der Waals surface area contributed by atoms with E-state index in [-0.39, 0.29) is 11.6 Å². The number of carbonyl (C=O) groups is 2. The number of benzene rings is 2. The fourth-order valence-corrected chi connectivity index (χ4v) is 2.31. The van der Waals surface area contributed by atoms with E-state index >= 15 is 0 Å². The molecule has 4 nitrogen and oxygen atoms in total. The van der Waals surface area contributed by atoms with Crippen molar-refractivity contribution < 1.29 is 9.59 Å². The van der Waals surface area contributed by atoms with Crippen LogP contribution in [0.5, 0.6) is 0 Å². The van der Waals surface area contributed by atoms with Crippen LogP contribution in [0.4, 0.5) is 5.69 Å². The molecule has 0 spiro atoms. The summed E-state index contributed by atoms with van der Waals surface area (Å²) in [4.78, 5) is 24.7. The van der Waals surface area contributed by atoms with Gasteiger partial charge >= 0.3 is 0 Å². The van der Waals surface area contributed by atoms with Crippen molar-refractivity contribution in [3.63, 3.8) is 0 Å². The lowest BCUT2D eigenvalue weighted by Gasteiger charge is -2.11. The first-order valence-electron chi connectivity index (χ1n) is 7.36. The van der Waals surface area contributed by atoms with E-state index < -0.39 is 5.91 Å². The molecule has 0 atom stereocenters. The zero-order chi connectivity index (χ0) is 17.4. The molecule has 2 amide bonds. The first kappa shape index (κ1) is 17.7. The summed E-state index contributed by atoms with van der Waals surface area (Å²) in [6.45, 7) is 1.83. The highest BCUT2D eigenvalue weighted by molar-refractivity contribution is 9.10. The normalized spacial score (nSPS) is 11.3. The van der Waals surface area contributed by atoms with Gasteiger partial charge in [-0.1, -0.05) is 52.3 Å². The van der Waals surface area contributed by atoms with Gasteiger partial charge in [0.05, 0.1) is 0 Å². The lowest BCUT2D eigenvalue weighted by atomic mass is 10.2. The molecular weight excluding hydrogens is 368 g/mol. The van der Waals surface area contributed by atoms with E-state index in [9.17, 15) is 9.59 Å². The van der Waals surface area contributed by atoms with Crippen LogP contribution < -0.4 is 10.6 Å². The van der Waals surface area contributed by atoms with E-state index in [0.717, 1.165) is 4.47 Å². The van der Waals surface area contributed by atoms with Crippen molar-refractivity contribution in [2.45, 2.75) is 6.92 Å². The summed E-state index contributed by atoms with van der Waals surface area (Å²) in [5, 5.41) is 5.41. The summed E-state index contributed by atoms with van der Waals surface area (Å²) in [5.74, 6) is -0.730. The van der Waals surface area contributed by atoms with Gasteiger partial charge in [0.2, 0.25) is 0 Å². The molecule has 0 heterocycles. The van der Waals surface area contributed by atoms with Crippen molar-refractivity contribution in [1.82, 2.24) is 5.32 Å². The molecule has 5 heteroatoms. The number of rotatable bonds is 5.